The van der Waals surface area contributed by atoms with Gasteiger partial charge in [-0.25, -0.2) is 8.42 Å². The molecule has 1 aliphatic heterocycles. The lowest BCUT2D eigenvalue weighted by atomic mass is 9.77. The van der Waals surface area contributed by atoms with Crippen molar-refractivity contribution in [1.82, 2.24) is 0 Å². The number of fused-ring (bicyclic) bond motifs is 3. The van der Waals surface area contributed by atoms with Crippen molar-refractivity contribution >= 4 is 9.84 Å². The van der Waals surface area contributed by atoms with Gasteiger partial charge in [-0.15, -0.1) is 13.2 Å². The molecule has 2 bridgehead atoms. The Labute approximate surface area is 159 Å². The van der Waals surface area contributed by atoms with Crippen molar-refractivity contribution in [1.29, 1.82) is 0 Å². The van der Waals surface area contributed by atoms with E-state index in [-0.39, 0.29) is 10.5 Å². The first-order chi connectivity index (χ1) is 12.6. The zero-order chi connectivity index (χ0) is 18.4. The molecule has 0 aromatic carbocycles. The molecular formula is C23H34O2S. The number of allylic oxidation sites excluding steroid dienone is 4. The van der Waals surface area contributed by atoms with E-state index in [1.54, 1.807) is 0 Å². The second kappa shape index (κ2) is 6.96. The molecule has 3 fully saturated rings. The van der Waals surface area contributed by atoms with Crippen LogP contribution in [0.5, 0.6) is 0 Å². The molecule has 0 aromatic rings. The molecule has 1 spiro atoms. The second-order valence-electron chi connectivity index (χ2n) is 9.14. The lowest BCUT2D eigenvalue weighted by Crippen LogP contribution is -2.31. The van der Waals surface area contributed by atoms with Crippen LogP contribution in [-0.4, -0.2) is 18.9 Å². The van der Waals surface area contributed by atoms with Crippen LogP contribution in [0.3, 0.4) is 0 Å². The molecule has 26 heavy (non-hydrogen) atoms. The summed E-state index contributed by atoms with van der Waals surface area (Å²) < 4.78 is 27.0. The van der Waals surface area contributed by atoms with Gasteiger partial charge in [0.25, 0.3) is 0 Å². The first-order valence-electron chi connectivity index (χ1n) is 10.7. The third-order valence-electron chi connectivity index (χ3n) is 7.95. The standard InChI is InChI=1S/C23H34O2S/c1-3-5-7-9-11-19-21-17-13-14-18(23(17)15-16-23)22(21)20(26(19,24)25)12-10-8-6-4-2/h3-4,13-14,17-22H,1-2,5-12,15-16H2/t17-,18+,19-,20+,21-,22+. The molecular weight excluding hydrogens is 340 g/mol. The van der Waals surface area contributed by atoms with Crippen LogP contribution in [0, 0.1) is 29.1 Å². The summed E-state index contributed by atoms with van der Waals surface area (Å²) in [7, 11) is -3.00. The minimum absolute atomic E-state index is 0.0841. The van der Waals surface area contributed by atoms with Crippen LogP contribution in [-0.2, 0) is 9.84 Å². The van der Waals surface area contributed by atoms with E-state index < -0.39 is 9.84 Å². The maximum absolute atomic E-state index is 13.5. The summed E-state index contributed by atoms with van der Waals surface area (Å²) in [5.41, 5.74) is 0.476. The van der Waals surface area contributed by atoms with E-state index in [1.165, 1.54) is 12.8 Å². The summed E-state index contributed by atoms with van der Waals surface area (Å²) in [4.78, 5) is 0. The lowest BCUT2D eigenvalue weighted by Gasteiger charge is -2.25. The Morgan fingerprint density at radius 3 is 1.69 bits per heavy atom. The number of hydrogen-bond acceptors (Lipinski definition) is 2. The van der Waals surface area contributed by atoms with E-state index >= 15 is 0 Å². The average molecular weight is 375 g/mol. The Hall–Kier alpha value is -0.830. The first kappa shape index (κ1) is 18.5. The summed E-state index contributed by atoms with van der Waals surface area (Å²) in [5, 5.41) is -0.168. The van der Waals surface area contributed by atoms with E-state index in [4.69, 9.17) is 0 Å². The van der Waals surface area contributed by atoms with Gasteiger partial charge in [-0.05, 0) is 80.5 Å². The molecule has 1 heterocycles. The van der Waals surface area contributed by atoms with Crippen molar-refractivity contribution in [2.45, 2.75) is 74.7 Å². The second-order valence-corrected chi connectivity index (χ2v) is 11.5. The Balaban J connectivity index is 1.55. The Morgan fingerprint density at radius 1 is 0.846 bits per heavy atom. The first-order valence-corrected chi connectivity index (χ1v) is 12.3. The van der Waals surface area contributed by atoms with Gasteiger partial charge in [-0.1, -0.05) is 37.1 Å². The number of hydrogen-bond donors (Lipinski definition) is 0. The van der Waals surface area contributed by atoms with Crippen molar-refractivity contribution in [3.63, 3.8) is 0 Å². The van der Waals surface area contributed by atoms with Gasteiger partial charge in [-0.3, -0.25) is 0 Å². The van der Waals surface area contributed by atoms with Gasteiger partial charge < -0.3 is 0 Å². The molecule has 3 heteroatoms. The molecule has 2 nitrogen and oxygen atoms in total. The lowest BCUT2D eigenvalue weighted by molar-refractivity contribution is 0.301. The van der Waals surface area contributed by atoms with Crippen LogP contribution in [0.25, 0.3) is 0 Å². The van der Waals surface area contributed by atoms with Crippen LogP contribution >= 0.6 is 0 Å². The fourth-order valence-corrected chi connectivity index (χ4v) is 9.78. The molecule has 3 aliphatic carbocycles. The molecule has 0 N–H and O–H groups in total. The summed E-state index contributed by atoms with van der Waals surface area (Å²) in [6, 6.07) is 0. The fraction of sp³-hybridized carbons (Fsp3) is 0.739. The third kappa shape index (κ3) is 2.68. The van der Waals surface area contributed by atoms with E-state index in [0.29, 0.717) is 29.1 Å². The highest BCUT2D eigenvalue weighted by Crippen LogP contribution is 2.75. The van der Waals surface area contributed by atoms with Crippen molar-refractivity contribution in [2.75, 3.05) is 0 Å². The highest BCUT2D eigenvalue weighted by atomic mass is 32.2. The third-order valence-corrected chi connectivity index (χ3v) is 10.7. The molecule has 1 saturated heterocycles. The summed E-state index contributed by atoms with van der Waals surface area (Å²) in [6.07, 6.45) is 19.3. The molecule has 0 aromatic heterocycles. The summed E-state index contributed by atoms with van der Waals surface area (Å²) >= 11 is 0. The zero-order valence-electron chi connectivity index (χ0n) is 16.0. The van der Waals surface area contributed by atoms with Crippen molar-refractivity contribution in [3.05, 3.63) is 37.5 Å². The smallest absolute Gasteiger partial charge is 0.156 e. The van der Waals surface area contributed by atoms with Gasteiger partial charge in [0.1, 0.15) is 0 Å². The fourth-order valence-electron chi connectivity index (χ4n) is 6.76. The van der Waals surface area contributed by atoms with Gasteiger partial charge in [0.2, 0.25) is 0 Å². The van der Waals surface area contributed by atoms with E-state index in [9.17, 15) is 8.42 Å². The van der Waals surface area contributed by atoms with Crippen LogP contribution < -0.4 is 0 Å². The quantitative estimate of drug-likeness (QED) is 0.375. The van der Waals surface area contributed by atoms with Crippen LogP contribution in [0.4, 0.5) is 0 Å². The molecule has 6 atom stereocenters. The monoisotopic (exact) mass is 374 g/mol. The Kier molecular flexibility index (Phi) is 4.96. The van der Waals surface area contributed by atoms with Crippen molar-refractivity contribution < 1.29 is 8.42 Å². The number of sulfone groups is 1. The molecule has 4 rings (SSSR count). The molecule has 2 saturated carbocycles. The average Bonchev–Trinajstić information content (AvgIpc) is 3.22. The van der Waals surface area contributed by atoms with E-state index in [0.717, 1.165) is 51.4 Å². The molecule has 0 radical (unpaired) electrons. The van der Waals surface area contributed by atoms with Gasteiger partial charge in [-0.2, -0.15) is 0 Å². The van der Waals surface area contributed by atoms with Crippen molar-refractivity contribution in [3.8, 4) is 0 Å². The molecule has 4 aliphatic rings. The normalized spacial score (nSPS) is 40.0. The number of unbranched alkanes of at least 4 members (excludes halogenated alkanes) is 4. The van der Waals surface area contributed by atoms with E-state index in [2.05, 4.69) is 25.3 Å². The molecule has 144 valence electrons. The Morgan fingerprint density at radius 2 is 1.31 bits per heavy atom. The predicted octanol–water partition coefficient (Wildman–Crippen LogP) is 5.47. The highest BCUT2D eigenvalue weighted by molar-refractivity contribution is 7.93. The van der Waals surface area contributed by atoms with Gasteiger partial charge in [0, 0.05) is 0 Å². The molecule has 0 amide bonds. The van der Waals surface area contributed by atoms with Gasteiger partial charge in [0.05, 0.1) is 10.5 Å². The topological polar surface area (TPSA) is 34.1 Å². The number of rotatable bonds is 10. The van der Waals surface area contributed by atoms with Crippen LogP contribution in [0.15, 0.2) is 37.5 Å². The maximum Gasteiger partial charge on any atom is 0.156 e. The SMILES string of the molecule is C=CCCCC[C@@H]1[C@@H]2[C@@H]([C@@H]3C=C[C@H]2C32CC2)[C@H](CCCCC=C)S1(=O)=O. The van der Waals surface area contributed by atoms with Gasteiger partial charge in [0.15, 0.2) is 9.84 Å². The largest absolute Gasteiger partial charge is 0.228 e. The van der Waals surface area contributed by atoms with E-state index in [1.807, 2.05) is 12.2 Å². The Bertz CT molecular complexity index is 637. The van der Waals surface area contributed by atoms with Crippen molar-refractivity contribution in [2.24, 2.45) is 29.1 Å². The van der Waals surface area contributed by atoms with Crippen LogP contribution in [0.2, 0.25) is 0 Å². The predicted molar refractivity (Wildman–Crippen MR) is 109 cm³/mol. The molecule has 0 unspecified atom stereocenters. The zero-order valence-corrected chi connectivity index (χ0v) is 16.8. The van der Waals surface area contributed by atoms with Gasteiger partial charge >= 0.3 is 0 Å². The maximum atomic E-state index is 13.5. The highest BCUT2D eigenvalue weighted by Gasteiger charge is 2.73. The minimum atomic E-state index is -3.00. The minimum Gasteiger partial charge on any atom is -0.228 e. The summed E-state index contributed by atoms with van der Waals surface area (Å²) in [6.45, 7) is 7.59. The summed E-state index contributed by atoms with van der Waals surface area (Å²) in [5.74, 6) is 1.92. The van der Waals surface area contributed by atoms with Crippen LogP contribution in [0.1, 0.15) is 64.2 Å².